The van der Waals surface area contributed by atoms with Crippen LogP contribution in [0.25, 0.3) is 0 Å². The Balaban J connectivity index is 4.20. The number of hydrogen-bond acceptors (Lipinski definition) is 7. The first-order chi connectivity index (χ1) is 36.6. The van der Waals surface area contributed by atoms with Crippen molar-refractivity contribution in [2.24, 2.45) is 0 Å². The van der Waals surface area contributed by atoms with Crippen molar-refractivity contribution in [2.45, 2.75) is 283 Å². The zero-order valence-electron chi connectivity index (χ0n) is 49.4. The van der Waals surface area contributed by atoms with E-state index in [1.807, 2.05) is 21.1 Å². The first-order valence-electron chi connectivity index (χ1n) is 31.1. The summed E-state index contributed by atoms with van der Waals surface area (Å²) in [5, 5.41) is 9.71. The molecule has 0 saturated heterocycles. The van der Waals surface area contributed by atoms with E-state index in [9.17, 15) is 19.5 Å². The van der Waals surface area contributed by atoms with Crippen LogP contribution in [0, 0.1) is 0 Å². The first kappa shape index (κ1) is 71.7. The maximum Gasteiger partial charge on any atom is 0.361 e. The largest absolute Gasteiger partial charge is 0.477 e. The number of carboxylic acid groups (broad SMARTS) is 1. The van der Waals surface area contributed by atoms with Gasteiger partial charge in [-0.15, -0.1) is 0 Å². The third-order valence-corrected chi connectivity index (χ3v) is 13.5. The zero-order valence-corrected chi connectivity index (χ0v) is 49.4. The first-order valence-corrected chi connectivity index (χ1v) is 31.1. The molecule has 0 aliphatic heterocycles. The summed E-state index contributed by atoms with van der Waals surface area (Å²) in [4.78, 5) is 37.5. The molecule has 2 atom stereocenters. The molecule has 0 aromatic carbocycles. The Morgan fingerprint density at radius 2 is 0.760 bits per heavy atom. The monoisotopic (exact) mass is 1050 g/mol. The van der Waals surface area contributed by atoms with Gasteiger partial charge in [-0.1, -0.05) is 267 Å². The lowest BCUT2D eigenvalue weighted by Gasteiger charge is -2.25. The van der Waals surface area contributed by atoms with Crippen LogP contribution in [0.3, 0.4) is 0 Å². The molecule has 434 valence electrons. The number of rotatable bonds is 57. The standard InChI is InChI=1S/C66H117NO8/c1-6-8-10-12-14-16-18-20-22-24-26-28-29-30-31-32-33-34-35-37-38-40-42-44-46-48-50-52-54-56-63(68)73-60-62(61-74-66(65(70)71)72-59-58-67(3,4)5)75-64(69)57-55-53-51-49-47-45-43-41-39-36-27-25-23-21-19-17-15-13-11-9-7-2/h9,11,15,17,21,23,27,36,41,43,47,49,62,66H,6-8,10,12-14,16,18-20,22,24-26,28-35,37-40,42,44-46,48,50-61H2,1-5H3/p+1/b11-9-,17-15-,23-21-,36-27-,43-41-,49-47-. The lowest BCUT2D eigenvalue weighted by atomic mass is 10.0. The molecule has 0 aliphatic carbocycles. The van der Waals surface area contributed by atoms with E-state index in [0.717, 1.165) is 70.6 Å². The highest BCUT2D eigenvalue weighted by Gasteiger charge is 2.25. The Hall–Kier alpha value is -3.27. The van der Waals surface area contributed by atoms with Crippen LogP contribution in [-0.2, 0) is 33.3 Å². The van der Waals surface area contributed by atoms with Gasteiger partial charge in [0, 0.05) is 12.8 Å². The minimum atomic E-state index is -1.52. The van der Waals surface area contributed by atoms with Crippen LogP contribution in [0.5, 0.6) is 0 Å². The number of esters is 2. The third kappa shape index (κ3) is 58.3. The van der Waals surface area contributed by atoms with Crippen LogP contribution in [0.1, 0.15) is 271 Å². The number of carboxylic acids is 1. The van der Waals surface area contributed by atoms with Crippen molar-refractivity contribution in [3.63, 3.8) is 0 Å². The maximum atomic E-state index is 12.9. The van der Waals surface area contributed by atoms with E-state index in [1.54, 1.807) is 0 Å². The Kier molecular flexibility index (Phi) is 54.4. The van der Waals surface area contributed by atoms with Crippen molar-refractivity contribution in [1.29, 1.82) is 0 Å². The molecule has 0 fully saturated rings. The molecule has 0 bridgehead atoms. The molecule has 9 nitrogen and oxygen atoms in total. The highest BCUT2D eigenvalue weighted by Crippen LogP contribution is 2.17. The Bertz CT molecular complexity index is 1460. The molecule has 0 aliphatic rings. The van der Waals surface area contributed by atoms with E-state index in [2.05, 4.69) is 86.8 Å². The summed E-state index contributed by atoms with van der Waals surface area (Å²) in [5.74, 6) is -2.06. The van der Waals surface area contributed by atoms with Crippen molar-refractivity contribution in [1.82, 2.24) is 0 Å². The maximum absolute atomic E-state index is 12.9. The second-order valence-electron chi connectivity index (χ2n) is 22.0. The zero-order chi connectivity index (χ0) is 54.8. The van der Waals surface area contributed by atoms with E-state index in [1.165, 1.54) is 167 Å². The topological polar surface area (TPSA) is 108 Å². The number of quaternary nitrogens is 1. The molecule has 0 rings (SSSR count). The van der Waals surface area contributed by atoms with Gasteiger partial charge in [0.05, 0.1) is 34.4 Å². The SMILES string of the molecule is CC/C=C\C/C=C\C/C=C\C/C=C\C/C=C\C/C=C\CCCCC(=O)OC(COC(=O)CCCCCCCCCCCCCCCCCCCCCCCCCCCCCCC)COC(OCC[N+](C)(C)C)C(=O)O. The number of aliphatic carboxylic acids is 1. The summed E-state index contributed by atoms with van der Waals surface area (Å²) < 4.78 is 22.9. The molecule has 1 N–H and O–H groups in total. The van der Waals surface area contributed by atoms with Gasteiger partial charge in [-0.25, -0.2) is 4.79 Å². The molecule has 0 spiro atoms. The highest BCUT2D eigenvalue weighted by molar-refractivity contribution is 5.71. The van der Waals surface area contributed by atoms with Crippen LogP contribution >= 0.6 is 0 Å². The smallest absolute Gasteiger partial charge is 0.361 e. The number of carbonyl (C=O) groups is 3. The van der Waals surface area contributed by atoms with Crippen molar-refractivity contribution >= 4 is 17.9 Å². The fraction of sp³-hybridized carbons (Fsp3) is 0.773. The minimum absolute atomic E-state index is 0.177. The predicted octanol–water partition coefficient (Wildman–Crippen LogP) is 18.6. The molecule has 2 unspecified atom stereocenters. The van der Waals surface area contributed by atoms with Crippen LogP contribution in [0.2, 0.25) is 0 Å². The average molecular weight is 1050 g/mol. The van der Waals surface area contributed by atoms with E-state index in [4.69, 9.17) is 18.9 Å². The van der Waals surface area contributed by atoms with Crippen molar-refractivity contribution in [3.05, 3.63) is 72.9 Å². The minimum Gasteiger partial charge on any atom is -0.477 e. The normalized spacial score (nSPS) is 13.2. The molecule has 0 heterocycles. The van der Waals surface area contributed by atoms with Crippen molar-refractivity contribution in [3.8, 4) is 0 Å². The van der Waals surface area contributed by atoms with Crippen LogP contribution < -0.4 is 0 Å². The van der Waals surface area contributed by atoms with Gasteiger partial charge in [0.2, 0.25) is 0 Å². The molecule has 0 radical (unpaired) electrons. The van der Waals surface area contributed by atoms with Gasteiger partial charge in [-0.05, 0) is 64.2 Å². The average Bonchev–Trinajstić information content (AvgIpc) is 3.38. The summed E-state index contributed by atoms with van der Waals surface area (Å²) in [5.41, 5.74) is 0. The molecule has 0 aromatic heterocycles. The van der Waals surface area contributed by atoms with Gasteiger partial charge in [0.25, 0.3) is 6.29 Å². The summed E-state index contributed by atoms with van der Waals surface area (Å²) in [6.07, 6.45) is 71.5. The number of likely N-dealkylation sites (N-methyl/N-ethyl adjacent to an activating group) is 1. The molecule has 75 heavy (non-hydrogen) atoms. The Morgan fingerprint density at radius 3 is 1.13 bits per heavy atom. The van der Waals surface area contributed by atoms with Gasteiger partial charge in [-0.2, -0.15) is 0 Å². The molecule has 0 saturated carbocycles. The predicted molar refractivity (Wildman–Crippen MR) is 318 cm³/mol. The van der Waals surface area contributed by atoms with Gasteiger partial charge in [0.15, 0.2) is 6.10 Å². The van der Waals surface area contributed by atoms with Crippen molar-refractivity contribution < 1.29 is 42.9 Å². The summed E-state index contributed by atoms with van der Waals surface area (Å²) in [7, 11) is 5.95. The van der Waals surface area contributed by atoms with Gasteiger partial charge >= 0.3 is 17.9 Å². The molecule has 0 amide bonds. The molecule has 9 heteroatoms. The van der Waals surface area contributed by atoms with E-state index < -0.39 is 24.3 Å². The Labute approximate surface area is 462 Å². The van der Waals surface area contributed by atoms with Crippen molar-refractivity contribution in [2.75, 3.05) is 47.5 Å². The molecular weight excluding hydrogens is 935 g/mol. The number of hydrogen-bond donors (Lipinski definition) is 1. The van der Waals surface area contributed by atoms with E-state index in [-0.39, 0.29) is 32.2 Å². The quantitative estimate of drug-likeness (QED) is 0.0211. The number of unbranched alkanes of at least 4 members (excludes halogenated alkanes) is 30. The van der Waals surface area contributed by atoms with E-state index in [0.29, 0.717) is 23.9 Å². The van der Waals surface area contributed by atoms with E-state index >= 15 is 0 Å². The number of nitrogens with zero attached hydrogens (tertiary/aromatic N) is 1. The lowest BCUT2D eigenvalue weighted by molar-refractivity contribution is -0.870. The van der Waals surface area contributed by atoms with Crippen LogP contribution in [0.4, 0.5) is 0 Å². The number of allylic oxidation sites excluding steroid dienone is 12. The summed E-state index contributed by atoms with van der Waals surface area (Å²) >= 11 is 0. The highest BCUT2D eigenvalue weighted by atomic mass is 16.7. The molecular formula is C66H118NO8+. The van der Waals surface area contributed by atoms with Crippen LogP contribution in [0.15, 0.2) is 72.9 Å². The fourth-order valence-electron chi connectivity index (χ4n) is 8.72. The van der Waals surface area contributed by atoms with Gasteiger partial charge in [0.1, 0.15) is 13.2 Å². The lowest BCUT2D eigenvalue weighted by Crippen LogP contribution is -2.40. The summed E-state index contributed by atoms with van der Waals surface area (Å²) in [6.45, 7) is 4.74. The second kappa shape index (κ2) is 56.9. The summed E-state index contributed by atoms with van der Waals surface area (Å²) in [6, 6.07) is 0. The Morgan fingerprint density at radius 1 is 0.413 bits per heavy atom. The molecule has 0 aromatic rings. The fourth-order valence-corrected chi connectivity index (χ4v) is 8.72. The van der Waals surface area contributed by atoms with Crippen LogP contribution in [-0.4, -0.2) is 87.4 Å². The number of carbonyl (C=O) groups excluding carboxylic acids is 2. The third-order valence-electron chi connectivity index (χ3n) is 13.5. The number of ether oxygens (including phenoxy) is 4. The second-order valence-corrected chi connectivity index (χ2v) is 22.0. The van der Waals surface area contributed by atoms with Gasteiger partial charge < -0.3 is 28.5 Å². The van der Waals surface area contributed by atoms with Gasteiger partial charge in [-0.3, -0.25) is 9.59 Å².